The van der Waals surface area contributed by atoms with E-state index in [4.69, 9.17) is 18.5 Å². The number of ether oxygens (including phenoxy) is 2. The molecule has 0 aliphatic rings. The summed E-state index contributed by atoms with van der Waals surface area (Å²) in [5, 5.41) is 0. The van der Waals surface area contributed by atoms with Crippen LogP contribution in [0.15, 0.2) is 134 Å². The minimum absolute atomic E-state index is 0.00359. The molecule has 0 aliphatic heterocycles. The predicted octanol–water partition coefficient (Wildman–Crippen LogP) is 15.6. The number of phosphoric ester groups is 1. The lowest BCUT2D eigenvalue weighted by atomic mass is 10.1. The quantitative estimate of drug-likeness (QED) is 0.0197. The van der Waals surface area contributed by atoms with Crippen molar-refractivity contribution in [2.45, 2.75) is 174 Å². The largest absolute Gasteiger partial charge is 0.756 e. The molecule has 380 valence electrons. The second-order valence-electron chi connectivity index (χ2n) is 17.8. The van der Waals surface area contributed by atoms with Crippen LogP contribution in [0.4, 0.5) is 0 Å². The number of rotatable bonds is 46. The molecule has 9 heteroatoms. The van der Waals surface area contributed by atoms with E-state index in [0.29, 0.717) is 24.1 Å². The molecular formula is C58H96NO7P. The van der Waals surface area contributed by atoms with Gasteiger partial charge in [-0.3, -0.25) is 9.36 Å². The summed E-state index contributed by atoms with van der Waals surface area (Å²) < 4.78 is 34.6. The van der Waals surface area contributed by atoms with Gasteiger partial charge in [-0.25, -0.2) is 0 Å². The van der Waals surface area contributed by atoms with Crippen LogP contribution in [-0.2, 0) is 27.9 Å². The number of allylic oxidation sites excluding steroid dienone is 22. The fourth-order valence-electron chi connectivity index (χ4n) is 6.30. The Hall–Kier alpha value is -3.36. The molecule has 2 unspecified atom stereocenters. The van der Waals surface area contributed by atoms with Gasteiger partial charge in [0, 0.05) is 13.0 Å². The number of carbonyl (C=O) groups is 1. The van der Waals surface area contributed by atoms with Crippen LogP contribution in [0.3, 0.4) is 0 Å². The fraction of sp³-hybridized carbons (Fsp3) is 0.603. The number of hydrogen-bond acceptors (Lipinski definition) is 7. The molecule has 8 nitrogen and oxygen atoms in total. The first-order valence-corrected chi connectivity index (χ1v) is 27.4. The van der Waals surface area contributed by atoms with Gasteiger partial charge in [0.15, 0.2) is 0 Å². The smallest absolute Gasteiger partial charge is 0.306 e. The lowest BCUT2D eigenvalue weighted by molar-refractivity contribution is -0.870. The number of carbonyl (C=O) groups excluding carboxylic acids is 1. The molecule has 0 aromatic carbocycles. The Bertz CT molecular complexity index is 1520. The number of phosphoric acid groups is 1. The lowest BCUT2D eigenvalue weighted by Gasteiger charge is -2.28. The van der Waals surface area contributed by atoms with Crippen molar-refractivity contribution in [1.82, 2.24) is 0 Å². The van der Waals surface area contributed by atoms with Gasteiger partial charge in [-0.2, -0.15) is 0 Å². The predicted molar refractivity (Wildman–Crippen MR) is 286 cm³/mol. The monoisotopic (exact) mass is 950 g/mol. The number of nitrogens with zero attached hydrogens (tertiary/aromatic N) is 1. The number of hydrogen-bond donors (Lipinski definition) is 0. The molecule has 0 N–H and O–H groups in total. The highest BCUT2D eigenvalue weighted by atomic mass is 31.2. The maximum atomic E-state index is 12.7. The van der Waals surface area contributed by atoms with Crippen molar-refractivity contribution in [3.8, 4) is 0 Å². The fourth-order valence-corrected chi connectivity index (χ4v) is 7.03. The second-order valence-corrected chi connectivity index (χ2v) is 19.2. The zero-order valence-electron chi connectivity index (χ0n) is 43.0. The highest BCUT2D eigenvalue weighted by molar-refractivity contribution is 7.45. The van der Waals surface area contributed by atoms with Crippen LogP contribution in [0.1, 0.15) is 168 Å². The van der Waals surface area contributed by atoms with E-state index < -0.39 is 19.9 Å². The van der Waals surface area contributed by atoms with Crippen LogP contribution in [0.5, 0.6) is 0 Å². The summed E-state index contributed by atoms with van der Waals surface area (Å²) in [5.74, 6) is -0.422. The molecule has 0 saturated heterocycles. The second kappa shape index (κ2) is 49.1. The van der Waals surface area contributed by atoms with Crippen LogP contribution in [0.2, 0.25) is 0 Å². The van der Waals surface area contributed by atoms with Crippen molar-refractivity contribution in [3.63, 3.8) is 0 Å². The van der Waals surface area contributed by atoms with Crippen molar-refractivity contribution in [2.75, 3.05) is 54.1 Å². The van der Waals surface area contributed by atoms with E-state index in [1.165, 1.54) is 51.4 Å². The average molecular weight is 950 g/mol. The summed E-state index contributed by atoms with van der Waals surface area (Å²) in [4.78, 5) is 25.1. The van der Waals surface area contributed by atoms with E-state index in [1.807, 2.05) is 33.3 Å². The molecule has 0 amide bonds. The highest BCUT2D eigenvalue weighted by Gasteiger charge is 2.20. The van der Waals surface area contributed by atoms with Crippen molar-refractivity contribution in [3.05, 3.63) is 134 Å². The standard InChI is InChI=1S/C58H96NO7P/c1-6-8-10-12-14-16-18-20-22-24-26-27-28-29-30-31-32-34-36-38-40-42-44-46-48-50-53-63-55-57(56-65-67(61,62)64-54-52-59(3,4)5)66-58(60)51-49-47-45-43-41-39-37-35-33-25-23-21-19-17-15-13-11-9-7-2/h8-11,14-17,20-23,26-27,29-30,33,35,39,41,45,47,57H,6-7,12-13,18-19,24-25,28,31-32,34,36-38,40,42-44,46,48-56H2,1-5H3/b10-8-,11-9-,16-14-,17-15-,22-20-,23-21-,27-26-,30-29-,35-33-,41-39-,47-45-. The van der Waals surface area contributed by atoms with Gasteiger partial charge in [-0.15, -0.1) is 0 Å². The Kier molecular flexibility index (Phi) is 46.6. The molecule has 0 rings (SSSR count). The van der Waals surface area contributed by atoms with Crippen molar-refractivity contribution in [1.29, 1.82) is 0 Å². The minimum atomic E-state index is -4.56. The third-order valence-corrected chi connectivity index (χ3v) is 11.2. The molecule has 0 aromatic rings. The Morgan fingerprint density at radius 1 is 0.463 bits per heavy atom. The molecule has 0 spiro atoms. The first-order chi connectivity index (χ1) is 32.6. The maximum absolute atomic E-state index is 12.7. The van der Waals surface area contributed by atoms with Gasteiger partial charge < -0.3 is 27.9 Å². The van der Waals surface area contributed by atoms with Gasteiger partial charge in [0.05, 0.1) is 34.4 Å². The van der Waals surface area contributed by atoms with Gasteiger partial charge >= 0.3 is 5.97 Å². The lowest BCUT2D eigenvalue weighted by Crippen LogP contribution is -2.37. The number of quaternary nitrogens is 1. The molecular weight excluding hydrogens is 854 g/mol. The Balaban J connectivity index is 4.26. The van der Waals surface area contributed by atoms with E-state index in [0.717, 1.165) is 89.9 Å². The van der Waals surface area contributed by atoms with E-state index >= 15 is 0 Å². The Morgan fingerprint density at radius 3 is 1.22 bits per heavy atom. The zero-order chi connectivity index (χ0) is 49.0. The summed E-state index contributed by atoms with van der Waals surface area (Å²) in [7, 11) is 1.28. The van der Waals surface area contributed by atoms with Crippen LogP contribution >= 0.6 is 7.82 Å². The molecule has 0 heterocycles. The van der Waals surface area contributed by atoms with E-state index in [2.05, 4.69) is 135 Å². The summed E-state index contributed by atoms with van der Waals surface area (Å²) in [6.45, 7) is 5.04. The number of likely N-dealkylation sites (N-methyl/N-ethyl adjacent to an activating group) is 1. The van der Waals surface area contributed by atoms with Gasteiger partial charge in [0.1, 0.15) is 19.3 Å². The maximum Gasteiger partial charge on any atom is 0.306 e. The van der Waals surface area contributed by atoms with Gasteiger partial charge in [0.2, 0.25) is 0 Å². The van der Waals surface area contributed by atoms with Crippen molar-refractivity contribution < 1.29 is 37.3 Å². The van der Waals surface area contributed by atoms with Crippen molar-refractivity contribution >= 4 is 13.8 Å². The van der Waals surface area contributed by atoms with E-state index in [9.17, 15) is 14.3 Å². The van der Waals surface area contributed by atoms with Gasteiger partial charge in [-0.1, -0.05) is 199 Å². The third-order valence-electron chi connectivity index (χ3n) is 10.2. The van der Waals surface area contributed by atoms with Crippen LogP contribution in [0, 0.1) is 0 Å². The average Bonchev–Trinajstić information content (AvgIpc) is 3.29. The number of esters is 1. The summed E-state index contributed by atoms with van der Waals surface area (Å²) in [6.07, 6.45) is 72.1. The molecule has 0 bridgehead atoms. The molecule has 0 radical (unpaired) electrons. The molecule has 0 saturated carbocycles. The topological polar surface area (TPSA) is 94.1 Å². The molecule has 0 aliphatic carbocycles. The van der Waals surface area contributed by atoms with Crippen LogP contribution in [0.25, 0.3) is 0 Å². The summed E-state index contributed by atoms with van der Waals surface area (Å²) in [6, 6.07) is 0. The van der Waals surface area contributed by atoms with Crippen LogP contribution in [-0.4, -0.2) is 70.7 Å². The molecule has 67 heavy (non-hydrogen) atoms. The Morgan fingerprint density at radius 2 is 0.821 bits per heavy atom. The summed E-state index contributed by atoms with van der Waals surface area (Å²) in [5.41, 5.74) is 0. The number of unbranched alkanes of at least 4 members (excludes halogenated alkanes) is 10. The Labute approximate surface area is 411 Å². The molecule has 2 atom stereocenters. The highest BCUT2D eigenvalue weighted by Crippen LogP contribution is 2.38. The van der Waals surface area contributed by atoms with E-state index in [1.54, 1.807) is 0 Å². The first kappa shape index (κ1) is 63.6. The van der Waals surface area contributed by atoms with Crippen LogP contribution < -0.4 is 4.89 Å². The normalized spacial score (nSPS) is 14.7. The minimum Gasteiger partial charge on any atom is -0.756 e. The summed E-state index contributed by atoms with van der Waals surface area (Å²) >= 11 is 0. The SMILES string of the molecule is CC/C=C\C/C=C\C/C=C\C/C=C\C/C=C\C/C=C\CCC(=O)OC(COCCCCCCCCCCCC/C=C\C/C=C\C/C=C\C/C=C\C/C=C\CC)COP(=O)([O-])OCC[N+](C)(C)C. The van der Waals surface area contributed by atoms with E-state index in [-0.39, 0.29) is 26.2 Å². The van der Waals surface area contributed by atoms with Crippen molar-refractivity contribution in [2.24, 2.45) is 0 Å². The van der Waals surface area contributed by atoms with Gasteiger partial charge in [-0.05, 0) is 96.3 Å². The molecule has 0 aromatic heterocycles. The van der Waals surface area contributed by atoms with Gasteiger partial charge in [0.25, 0.3) is 7.82 Å². The third kappa shape index (κ3) is 53.5. The molecule has 0 fully saturated rings. The zero-order valence-corrected chi connectivity index (χ0v) is 43.9. The first-order valence-electron chi connectivity index (χ1n) is 25.9.